The Balaban J connectivity index is 1.35. The molecule has 0 bridgehead atoms. The lowest BCUT2D eigenvalue weighted by Gasteiger charge is -2.27. The van der Waals surface area contributed by atoms with E-state index in [1.54, 1.807) is 11.3 Å². The maximum atomic E-state index is 12.9. The number of carbonyl (C=O) groups excluding carboxylic acids is 1. The summed E-state index contributed by atoms with van der Waals surface area (Å²) < 4.78 is 5.95. The molecule has 3 heterocycles. The summed E-state index contributed by atoms with van der Waals surface area (Å²) in [5.74, 6) is 0.807. The van der Waals surface area contributed by atoms with Crippen LogP contribution in [0.1, 0.15) is 38.1 Å². The Morgan fingerprint density at radius 2 is 2.00 bits per heavy atom. The number of carbonyl (C=O) groups is 1. The Kier molecular flexibility index (Phi) is 4.73. The van der Waals surface area contributed by atoms with Crippen molar-refractivity contribution in [3.63, 3.8) is 0 Å². The Morgan fingerprint density at radius 1 is 1.14 bits per heavy atom. The number of rotatable bonds is 4. The third kappa shape index (κ3) is 3.61. The summed E-state index contributed by atoms with van der Waals surface area (Å²) in [6.07, 6.45) is 0.674. The summed E-state index contributed by atoms with van der Waals surface area (Å²) in [4.78, 5) is 16.5. The van der Waals surface area contributed by atoms with Gasteiger partial charge in [-0.15, -0.1) is 11.3 Å². The van der Waals surface area contributed by atoms with Crippen molar-refractivity contribution in [2.45, 2.75) is 25.7 Å². The van der Waals surface area contributed by atoms with Crippen molar-refractivity contribution in [2.24, 2.45) is 0 Å². The van der Waals surface area contributed by atoms with Crippen molar-refractivity contribution in [2.75, 3.05) is 18.9 Å². The highest BCUT2D eigenvalue weighted by atomic mass is 32.1. The third-order valence-corrected chi connectivity index (χ3v) is 6.61. The van der Waals surface area contributed by atoms with E-state index in [1.807, 2.05) is 54.6 Å². The minimum Gasteiger partial charge on any atom is -0.489 e. The second-order valence-electron chi connectivity index (χ2n) is 7.59. The monoisotopic (exact) mass is 405 g/mol. The summed E-state index contributed by atoms with van der Waals surface area (Å²) >= 11 is 1.71. The smallest absolute Gasteiger partial charge is 0.256 e. The predicted molar refractivity (Wildman–Crippen MR) is 115 cm³/mol. The first-order valence-corrected chi connectivity index (χ1v) is 10.7. The van der Waals surface area contributed by atoms with Crippen LogP contribution in [-0.4, -0.2) is 24.4 Å². The van der Waals surface area contributed by atoms with Crippen LogP contribution in [0, 0.1) is 0 Å². The van der Waals surface area contributed by atoms with E-state index in [-0.39, 0.29) is 12.1 Å². The van der Waals surface area contributed by atoms with E-state index in [4.69, 9.17) is 4.74 Å². The Hall–Kier alpha value is -2.83. The lowest BCUT2D eigenvalue weighted by molar-refractivity contribution is 0.0934. The maximum Gasteiger partial charge on any atom is 0.256 e. The summed E-state index contributed by atoms with van der Waals surface area (Å²) in [5, 5.41) is 7.64. The van der Waals surface area contributed by atoms with Crippen LogP contribution in [0.15, 0.2) is 54.6 Å². The average molecular weight is 406 g/mol. The molecule has 0 fully saturated rings. The number of ether oxygens (including phenoxy) is 1. The van der Waals surface area contributed by atoms with Gasteiger partial charge < -0.3 is 20.3 Å². The molecule has 0 aliphatic carbocycles. The number of thiophene rings is 1. The van der Waals surface area contributed by atoms with Gasteiger partial charge >= 0.3 is 0 Å². The van der Waals surface area contributed by atoms with Gasteiger partial charge in [-0.3, -0.25) is 4.79 Å². The van der Waals surface area contributed by atoms with Gasteiger partial charge in [0.05, 0.1) is 5.56 Å². The van der Waals surface area contributed by atoms with Crippen LogP contribution in [0.25, 0.3) is 0 Å². The van der Waals surface area contributed by atoms with E-state index in [0.717, 1.165) is 47.0 Å². The third-order valence-electron chi connectivity index (χ3n) is 5.47. The molecule has 148 valence electrons. The minimum atomic E-state index is -0.256. The molecule has 2 aliphatic heterocycles. The van der Waals surface area contributed by atoms with Crippen molar-refractivity contribution >= 4 is 22.2 Å². The standard InChI is InChI=1S/C23H23N3O2S/c1-26-11-10-18-19(13-26)29-23-20(18)22(27)24-21(25-23)16-8-5-9-17(12-16)28-14-15-6-3-2-4-7-15/h2-9,12,21,25H,10-11,13-14H2,1H3,(H,24,27)/t21-/m1/s1. The molecule has 6 heteroatoms. The van der Waals surface area contributed by atoms with Crippen molar-refractivity contribution in [3.05, 3.63) is 81.7 Å². The van der Waals surface area contributed by atoms with Gasteiger partial charge in [0.1, 0.15) is 23.5 Å². The van der Waals surface area contributed by atoms with Crippen LogP contribution in [0.2, 0.25) is 0 Å². The number of anilines is 1. The van der Waals surface area contributed by atoms with E-state index in [0.29, 0.717) is 6.61 Å². The quantitative estimate of drug-likeness (QED) is 0.684. The highest BCUT2D eigenvalue weighted by Crippen LogP contribution is 2.40. The van der Waals surface area contributed by atoms with Crippen molar-refractivity contribution in [3.8, 4) is 5.75 Å². The number of nitrogens with one attached hydrogen (secondary N) is 2. The number of likely N-dealkylation sites (N-methyl/N-ethyl adjacent to an activating group) is 1. The lowest BCUT2D eigenvalue weighted by atomic mass is 10.0. The van der Waals surface area contributed by atoms with Gasteiger partial charge in [0, 0.05) is 18.0 Å². The number of hydrogen-bond acceptors (Lipinski definition) is 5. The molecule has 5 nitrogen and oxygen atoms in total. The highest BCUT2D eigenvalue weighted by Gasteiger charge is 2.32. The van der Waals surface area contributed by atoms with Crippen LogP contribution in [-0.2, 0) is 19.6 Å². The second kappa shape index (κ2) is 7.54. The molecule has 1 aromatic heterocycles. The normalized spacial score (nSPS) is 18.4. The molecule has 2 aromatic carbocycles. The molecule has 29 heavy (non-hydrogen) atoms. The molecule has 1 atom stereocenters. The molecule has 0 unspecified atom stereocenters. The Labute approximate surface area is 174 Å². The van der Waals surface area contributed by atoms with Gasteiger partial charge in [-0.05, 0) is 42.3 Å². The van der Waals surface area contributed by atoms with Crippen molar-refractivity contribution in [1.29, 1.82) is 0 Å². The van der Waals surface area contributed by atoms with Crippen LogP contribution in [0.3, 0.4) is 0 Å². The molecule has 1 amide bonds. The fourth-order valence-electron chi connectivity index (χ4n) is 3.93. The van der Waals surface area contributed by atoms with Crippen LogP contribution in [0.5, 0.6) is 5.75 Å². The molecular formula is C23H23N3O2S. The fourth-order valence-corrected chi connectivity index (χ4v) is 5.29. The maximum absolute atomic E-state index is 12.9. The topological polar surface area (TPSA) is 53.6 Å². The summed E-state index contributed by atoms with van der Waals surface area (Å²) in [6, 6.07) is 18.0. The van der Waals surface area contributed by atoms with Gasteiger partial charge in [-0.1, -0.05) is 42.5 Å². The molecule has 0 spiro atoms. The molecule has 2 N–H and O–H groups in total. The number of nitrogens with zero attached hydrogens (tertiary/aromatic N) is 1. The first-order chi connectivity index (χ1) is 14.2. The summed E-state index contributed by atoms with van der Waals surface area (Å²) in [5.41, 5.74) is 4.16. The van der Waals surface area contributed by atoms with Crippen LogP contribution < -0.4 is 15.4 Å². The molecule has 2 aliphatic rings. The average Bonchev–Trinajstić information content (AvgIpc) is 3.11. The zero-order valence-corrected chi connectivity index (χ0v) is 17.1. The number of benzene rings is 2. The van der Waals surface area contributed by atoms with Crippen molar-refractivity contribution < 1.29 is 9.53 Å². The lowest BCUT2D eigenvalue weighted by Crippen LogP contribution is -2.38. The van der Waals surface area contributed by atoms with Crippen molar-refractivity contribution in [1.82, 2.24) is 10.2 Å². The van der Waals surface area contributed by atoms with E-state index in [1.165, 1.54) is 10.4 Å². The molecule has 3 aromatic rings. The first-order valence-electron chi connectivity index (χ1n) is 9.84. The molecule has 0 radical (unpaired) electrons. The molecule has 0 saturated heterocycles. The summed E-state index contributed by atoms with van der Waals surface area (Å²) in [6.45, 7) is 2.42. The van der Waals surface area contributed by atoms with E-state index < -0.39 is 0 Å². The number of amides is 1. The highest BCUT2D eigenvalue weighted by molar-refractivity contribution is 7.16. The first kappa shape index (κ1) is 18.2. The number of hydrogen-bond donors (Lipinski definition) is 2. The Bertz CT molecular complexity index is 1050. The SMILES string of the molecule is CN1CCc2c(sc3c2C(=O)N[C@@H](c2cccc(OCc4ccccc4)c2)N3)C1. The predicted octanol–water partition coefficient (Wildman–Crippen LogP) is 4.17. The summed E-state index contributed by atoms with van der Waals surface area (Å²) in [7, 11) is 2.12. The fraction of sp³-hybridized carbons (Fsp3) is 0.261. The molecular weight excluding hydrogens is 382 g/mol. The van der Waals surface area contributed by atoms with E-state index >= 15 is 0 Å². The Morgan fingerprint density at radius 3 is 2.86 bits per heavy atom. The van der Waals surface area contributed by atoms with Gasteiger partial charge in [-0.25, -0.2) is 0 Å². The molecule has 0 saturated carbocycles. The van der Waals surface area contributed by atoms with Gasteiger partial charge in [0.25, 0.3) is 5.91 Å². The largest absolute Gasteiger partial charge is 0.489 e. The zero-order chi connectivity index (χ0) is 19.8. The van der Waals surface area contributed by atoms with E-state index in [9.17, 15) is 4.79 Å². The van der Waals surface area contributed by atoms with E-state index in [2.05, 4.69) is 22.6 Å². The van der Waals surface area contributed by atoms with Crippen LogP contribution in [0.4, 0.5) is 5.00 Å². The second-order valence-corrected chi connectivity index (χ2v) is 8.70. The van der Waals surface area contributed by atoms with Crippen LogP contribution >= 0.6 is 11.3 Å². The van der Waals surface area contributed by atoms with Gasteiger partial charge in [-0.2, -0.15) is 0 Å². The number of fused-ring (bicyclic) bond motifs is 3. The molecule has 5 rings (SSSR count). The zero-order valence-electron chi connectivity index (χ0n) is 16.3. The van der Waals surface area contributed by atoms with Gasteiger partial charge in [0.2, 0.25) is 0 Å². The minimum absolute atomic E-state index is 0.0152. The van der Waals surface area contributed by atoms with Gasteiger partial charge in [0.15, 0.2) is 0 Å².